The van der Waals surface area contributed by atoms with Crippen molar-refractivity contribution in [2.45, 2.75) is 4.90 Å². The number of hydrogen-bond acceptors (Lipinski definition) is 4. The predicted octanol–water partition coefficient (Wildman–Crippen LogP) is 3.06. The van der Waals surface area contributed by atoms with E-state index < -0.39 is 11.9 Å². The highest BCUT2D eigenvalue weighted by atomic mass is 32.2. The van der Waals surface area contributed by atoms with Gasteiger partial charge < -0.3 is 10.2 Å². The summed E-state index contributed by atoms with van der Waals surface area (Å²) in [4.78, 5) is 34.4. The Bertz CT molecular complexity index is 722. The third-order valence-electron chi connectivity index (χ3n) is 2.93. The van der Waals surface area contributed by atoms with Gasteiger partial charge in [0.2, 0.25) is 0 Å². The summed E-state index contributed by atoms with van der Waals surface area (Å²) in [5.41, 5.74) is 0.659. The van der Waals surface area contributed by atoms with Crippen LogP contribution in [-0.2, 0) is 0 Å². The number of hydrogen-bond donors (Lipinski definition) is 2. The topological polar surface area (TPSA) is 91.7 Å². The molecule has 6 heteroatoms. The number of carboxylic acids is 2. The van der Waals surface area contributed by atoms with E-state index in [9.17, 15) is 14.4 Å². The Balaban J connectivity index is 2.07. The van der Waals surface area contributed by atoms with Crippen LogP contribution in [-0.4, -0.2) is 33.7 Å². The molecule has 112 valence electrons. The molecular formula is C16H12O5S. The second-order valence-electron chi connectivity index (χ2n) is 4.40. The maximum atomic E-state index is 12.1. The molecule has 22 heavy (non-hydrogen) atoms. The zero-order valence-corrected chi connectivity index (χ0v) is 12.2. The highest BCUT2D eigenvalue weighted by Crippen LogP contribution is 2.23. The average Bonchev–Trinajstić information content (AvgIpc) is 2.52. The van der Waals surface area contributed by atoms with Crippen molar-refractivity contribution in [3.05, 3.63) is 65.2 Å². The second-order valence-corrected chi connectivity index (χ2v) is 5.41. The van der Waals surface area contributed by atoms with E-state index in [4.69, 9.17) is 10.2 Å². The largest absolute Gasteiger partial charge is 0.478 e. The van der Waals surface area contributed by atoms with Gasteiger partial charge in [-0.1, -0.05) is 24.3 Å². The lowest BCUT2D eigenvalue weighted by atomic mass is 10.1. The molecule has 0 aliphatic carbocycles. The molecule has 0 atom stereocenters. The molecule has 0 bridgehead atoms. The van der Waals surface area contributed by atoms with Crippen molar-refractivity contribution < 1.29 is 24.6 Å². The summed E-state index contributed by atoms with van der Waals surface area (Å²) in [7, 11) is 0. The van der Waals surface area contributed by atoms with E-state index >= 15 is 0 Å². The van der Waals surface area contributed by atoms with Gasteiger partial charge in [-0.2, -0.15) is 0 Å². The molecule has 0 amide bonds. The van der Waals surface area contributed by atoms with Gasteiger partial charge in [-0.05, 0) is 24.3 Å². The van der Waals surface area contributed by atoms with Gasteiger partial charge in [0, 0.05) is 10.5 Å². The van der Waals surface area contributed by atoms with Crippen LogP contribution in [0.15, 0.2) is 53.4 Å². The van der Waals surface area contributed by atoms with E-state index in [1.54, 1.807) is 18.2 Å². The lowest BCUT2D eigenvalue weighted by molar-refractivity contribution is 0.0684. The molecule has 2 N–H and O–H groups in total. The number of Topliss-reactive ketones (excluding diaryl/α,β-unsaturated/α-hetero) is 1. The smallest absolute Gasteiger partial charge is 0.336 e. The molecule has 0 aromatic heterocycles. The molecule has 0 aliphatic heterocycles. The van der Waals surface area contributed by atoms with Gasteiger partial charge in [0.25, 0.3) is 0 Å². The number of thioether (sulfide) groups is 1. The Kier molecular flexibility index (Phi) is 4.95. The lowest BCUT2D eigenvalue weighted by Gasteiger charge is -2.05. The Labute approximate surface area is 130 Å². The first kappa shape index (κ1) is 15.8. The predicted molar refractivity (Wildman–Crippen MR) is 81.9 cm³/mol. The van der Waals surface area contributed by atoms with Crippen LogP contribution in [0.5, 0.6) is 0 Å². The van der Waals surface area contributed by atoms with Gasteiger partial charge in [0.1, 0.15) is 0 Å². The Morgan fingerprint density at radius 1 is 0.818 bits per heavy atom. The van der Waals surface area contributed by atoms with Crippen molar-refractivity contribution in [3.8, 4) is 0 Å². The number of carbonyl (C=O) groups excluding carboxylic acids is 1. The van der Waals surface area contributed by atoms with Crippen molar-refractivity contribution >= 4 is 29.5 Å². The summed E-state index contributed by atoms with van der Waals surface area (Å²) in [5.74, 6) is -2.20. The molecule has 0 heterocycles. The lowest BCUT2D eigenvalue weighted by Crippen LogP contribution is -2.05. The van der Waals surface area contributed by atoms with Gasteiger partial charge in [-0.25, -0.2) is 9.59 Å². The summed E-state index contributed by atoms with van der Waals surface area (Å²) in [6.45, 7) is 0. The van der Waals surface area contributed by atoms with E-state index in [0.29, 0.717) is 10.5 Å². The van der Waals surface area contributed by atoms with Crippen LogP contribution in [0.4, 0.5) is 0 Å². The van der Waals surface area contributed by atoms with Gasteiger partial charge in [0.15, 0.2) is 5.78 Å². The molecular weight excluding hydrogens is 304 g/mol. The van der Waals surface area contributed by atoms with Crippen LogP contribution in [0.2, 0.25) is 0 Å². The summed E-state index contributed by atoms with van der Waals surface area (Å²) in [6.07, 6.45) is 0. The SMILES string of the molecule is O=C(O)c1ccc(C(=O)CSc2ccccc2C(=O)O)cc1. The first-order valence-corrected chi connectivity index (χ1v) is 7.29. The van der Waals surface area contributed by atoms with E-state index in [1.807, 2.05) is 0 Å². The number of rotatable bonds is 6. The van der Waals surface area contributed by atoms with Crippen molar-refractivity contribution in [2.24, 2.45) is 0 Å². The minimum atomic E-state index is -1.05. The molecule has 0 spiro atoms. The van der Waals surface area contributed by atoms with Crippen molar-refractivity contribution in [2.75, 3.05) is 5.75 Å². The maximum Gasteiger partial charge on any atom is 0.336 e. The van der Waals surface area contributed by atoms with E-state index in [0.717, 1.165) is 11.8 Å². The van der Waals surface area contributed by atoms with Crippen LogP contribution in [0, 0.1) is 0 Å². The van der Waals surface area contributed by atoms with Gasteiger partial charge >= 0.3 is 11.9 Å². The number of carbonyl (C=O) groups is 3. The second kappa shape index (κ2) is 6.91. The summed E-state index contributed by atoms with van der Waals surface area (Å²) < 4.78 is 0. The Morgan fingerprint density at radius 2 is 1.41 bits per heavy atom. The van der Waals surface area contributed by atoms with Crippen LogP contribution < -0.4 is 0 Å². The van der Waals surface area contributed by atoms with Crippen LogP contribution in [0.25, 0.3) is 0 Å². The molecule has 0 saturated heterocycles. The average molecular weight is 316 g/mol. The van der Waals surface area contributed by atoms with Crippen LogP contribution >= 0.6 is 11.8 Å². The first-order chi connectivity index (χ1) is 10.5. The molecule has 0 radical (unpaired) electrons. The number of carboxylic acid groups (broad SMARTS) is 2. The van der Waals surface area contributed by atoms with Gasteiger partial charge in [0.05, 0.1) is 16.9 Å². The normalized spacial score (nSPS) is 10.2. The standard InChI is InChI=1S/C16H12O5S/c17-13(10-5-7-11(8-6-10)15(18)19)9-22-14-4-2-1-3-12(14)16(20)21/h1-8H,9H2,(H,18,19)(H,20,21). The molecule has 2 rings (SSSR count). The first-order valence-electron chi connectivity index (χ1n) is 6.30. The molecule has 0 unspecified atom stereocenters. The maximum absolute atomic E-state index is 12.1. The summed E-state index contributed by atoms with van der Waals surface area (Å²) in [6, 6.07) is 12.1. The van der Waals surface area contributed by atoms with Crippen molar-refractivity contribution in [3.63, 3.8) is 0 Å². The minimum Gasteiger partial charge on any atom is -0.478 e. The zero-order chi connectivity index (χ0) is 16.1. The molecule has 0 aliphatic rings. The molecule has 0 saturated carbocycles. The van der Waals surface area contributed by atoms with E-state index in [1.165, 1.54) is 30.3 Å². The third kappa shape index (κ3) is 3.73. The summed E-state index contributed by atoms with van der Waals surface area (Å²) >= 11 is 1.14. The highest BCUT2D eigenvalue weighted by molar-refractivity contribution is 8.00. The molecule has 5 nitrogen and oxygen atoms in total. The van der Waals surface area contributed by atoms with Crippen molar-refractivity contribution in [1.29, 1.82) is 0 Å². The fourth-order valence-corrected chi connectivity index (χ4v) is 2.73. The van der Waals surface area contributed by atoms with Crippen molar-refractivity contribution in [1.82, 2.24) is 0 Å². The quantitative estimate of drug-likeness (QED) is 0.628. The third-order valence-corrected chi connectivity index (χ3v) is 4.00. The molecule has 0 fully saturated rings. The number of ketones is 1. The van der Waals surface area contributed by atoms with Gasteiger partial charge in [-0.15, -0.1) is 11.8 Å². The summed E-state index contributed by atoms with van der Waals surface area (Å²) in [5, 5.41) is 17.9. The zero-order valence-electron chi connectivity index (χ0n) is 11.4. The Hall–Kier alpha value is -2.60. The Morgan fingerprint density at radius 3 is 2.00 bits per heavy atom. The number of aromatic carboxylic acids is 2. The van der Waals surface area contributed by atoms with Crippen LogP contribution in [0.1, 0.15) is 31.1 Å². The monoisotopic (exact) mass is 316 g/mol. The minimum absolute atomic E-state index is 0.0801. The molecule has 2 aromatic rings. The fourth-order valence-electron chi connectivity index (χ4n) is 1.79. The highest BCUT2D eigenvalue weighted by Gasteiger charge is 2.13. The van der Waals surface area contributed by atoms with Crippen LogP contribution in [0.3, 0.4) is 0 Å². The number of benzene rings is 2. The van der Waals surface area contributed by atoms with Gasteiger partial charge in [-0.3, -0.25) is 4.79 Å². The van der Waals surface area contributed by atoms with E-state index in [-0.39, 0.29) is 22.7 Å². The fraction of sp³-hybridized carbons (Fsp3) is 0.0625. The van der Waals surface area contributed by atoms with E-state index in [2.05, 4.69) is 0 Å². The molecule has 2 aromatic carbocycles.